The second-order valence-corrected chi connectivity index (χ2v) is 5.29. The Bertz CT molecular complexity index is 587. The lowest BCUT2D eigenvalue weighted by Gasteiger charge is -2.22. The summed E-state index contributed by atoms with van der Waals surface area (Å²) in [4.78, 5) is 5.69. The lowest BCUT2D eigenvalue weighted by Crippen LogP contribution is -2.31. The van der Waals surface area contributed by atoms with Crippen molar-refractivity contribution in [3.05, 3.63) is 48.4 Å². The normalized spacial score (nSPS) is 20.2. The predicted molar refractivity (Wildman–Crippen MR) is 76.8 cm³/mol. The van der Waals surface area contributed by atoms with Gasteiger partial charge >= 0.3 is 0 Å². The number of benzene rings is 1. The molecule has 1 aliphatic heterocycles. The molecule has 1 N–H and O–H groups in total. The summed E-state index contributed by atoms with van der Waals surface area (Å²) in [5.41, 5.74) is 2.24. The largest absolute Gasteiger partial charge is 0.361 e. The first-order valence-corrected chi connectivity index (χ1v) is 6.88. The van der Waals surface area contributed by atoms with Crippen LogP contribution in [-0.4, -0.2) is 29.0 Å². The van der Waals surface area contributed by atoms with Gasteiger partial charge in [0.2, 0.25) is 0 Å². The number of H-pyrrole nitrogens is 1. The van der Waals surface area contributed by atoms with Gasteiger partial charge in [0.1, 0.15) is 5.82 Å². The molecule has 2 aromatic rings. The van der Waals surface area contributed by atoms with E-state index in [1.807, 2.05) is 18.3 Å². The van der Waals surface area contributed by atoms with Gasteiger partial charge in [-0.2, -0.15) is 0 Å². The molecule has 1 aromatic carbocycles. The fraction of sp³-hybridized carbons (Fsp3) is 0.375. The molecule has 1 aromatic heterocycles. The number of aromatic amines is 1. The zero-order chi connectivity index (χ0) is 13.2. The molecule has 2 nitrogen and oxygen atoms in total. The van der Waals surface area contributed by atoms with Gasteiger partial charge in [-0.15, -0.1) is 6.58 Å². The molecule has 0 radical (unpaired) electrons. The molecule has 0 amide bonds. The third-order valence-corrected chi connectivity index (χ3v) is 4.05. The molecule has 19 heavy (non-hydrogen) atoms. The first kappa shape index (κ1) is 12.4. The molecule has 100 valence electrons. The van der Waals surface area contributed by atoms with Crippen molar-refractivity contribution in [2.45, 2.75) is 25.3 Å². The molecule has 1 saturated heterocycles. The fourth-order valence-electron chi connectivity index (χ4n) is 3.11. The first-order chi connectivity index (χ1) is 9.28. The van der Waals surface area contributed by atoms with Crippen LogP contribution in [0.15, 0.2) is 37.1 Å². The van der Waals surface area contributed by atoms with Crippen molar-refractivity contribution < 1.29 is 4.39 Å². The standard InChI is InChI=1S/C16H19FN2/c1-2-7-19-8-3-4-14(19)9-12-11-18-16-6-5-13(17)10-15(12)16/h2,5-6,10-11,14,18H,1,3-4,7-9H2/t14-/m1/s1. The SMILES string of the molecule is C=CCN1CCC[C@@H]1Cc1c[nH]c2ccc(F)cc12. The summed E-state index contributed by atoms with van der Waals surface area (Å²) in [5.74, 6) is -0.164. The van der Waals surface area contributed by atoms with Gasteiger partial charge in [-0.25, -0.2) is 4.39 Å². The lowest BCUT2D eigenvalue weighted by molar-refractivity contribution is 0.280. The monoisotopic (exact) mass is 258 g/mol. The van der Waals surface area contributed by atoms with Crippen LogP contribution in [0.2, 0.25) is 0 Å². The summed E-state index contributed by atoms with van der Waals surface area (Å²) >= 11 is 0. The third kappa shape index (κ3) is 2.43. The van der Waals surface area contributed by atoms with E-state index in [4.69, 9.17) is 0 Å². The van der Waals surface area contributed by atoms with Crippen molar-refractivity contribution in [2.75, 3.05) is 13.1 Å². The number of nitrogens with one attached hydrogen (secondary N) is 1. The van der Waals surface area contributed by atoms with Crippen LogP contribution in [0.1, 0.15) is 18.4 Å². The van der Waals surface area contributed by atoms with Crippen LogP contribution in [-0.2, 0) is 6.42 Å². The summed E-state index contributed by atoms with van der Waals surface area (Å²) < 4.78 is 13.4. The van der Waals surface area contributed by atoms with E-state index in [-0.39, 0.29) is 5.82 Å². The van der Waals surface area contributed by atoms with Gasteiger partial charge in [-0.05, 0) is 49.6 Å². The van der Waals surface area contributed by atoms with E-state index in [1.54, 1.807) is 6.07 Å². The molecule has 0 saturated carbocycles. The molecule has 1 aliphatic rings. The van der Waals surface area contributed by atoms with Crippen molar-refractivity contribution in [1.82, 2.24) is 9.88 Å². The van der Waals surface area contributed by atoms with Crippen LogP contribution in [0.25, 0.3) is 10.9 Å². The minimum atomic E-state index is -0.164. The van der Waals surface area contributed by atoms with E-state index in [1.165, 1.54) is 24.5 Å². The van der Waals surface area contributed by atoms with Gasteiger partial charge in [0, 0.05) is 29.7 Å². The lowest BCUT2D eigenvalue weighted by atomic mass is 10.0. The van der Waals surface area contributed by atoms with Crippen molar-refractivity contribution in [2.24, 2.45) is 0 Å². The molecule has 0 aliphatic carbocycles. The maximum atomic E-state index is 13.4. The van der Waals surface area contributed by atoms with E-state index in [9.17, 15) is 4.39 Å². The maximum Gasteiger partial charge on any atom is 0.123 e. The van der Waals surface area contributed by atoms with Crippen molar-refractivity contribution >= 4 is 10.9 Å². The van der Waals surface area contributed by atoms with Crippen LogP contribution in [0.5, 0.6) is 0 Å². The number of likely N-dealkylation sites (tertiary alicyclic amines) is 1. The Morgan fingerprint density at radius 2 is 2.37 bits per heavy atom. The highest BCUT2D eigenvalue weighted by atomic mass is 19.1. The van der Waals surface area contributed by atoms with E-state index in [0.29, 0.717) is 6.04 Å². The Hall–Kier alpha value is -1.61. The topological polar surface area (TPSA) is 19.0 Å². The van der Waals surface area contributed by atoms with Crippen LogP contribution < -0.4 is 0 Å². The zero-order valence-electron chi connectivity index (χ0n) is 11.0. The quantitative estimate of drug-likeness (QED) is 0.832. The molecule has 0 bridgehead atoms. The number of hydrogen-bond donors (Lipinski definition) is 1. The second kappa shape index (κ2) is 5.17. The summed E-state index contributed by atoms with van der Waals surface area (Å²) in [7, 11) is 0. The Balaban J connectivity index is 1.84. The van der Waals surface area contributed by atoms with E-state index in [2.05, 4.69) is 16.5 Å². The molecule has 0 spiro atoms. The van der Waals surface area contributed by atoms with E-state index < -0.39 is 0 Å². The number of aromatic nitrogens is 1. The number of rotatable bonds is 4. The number of halogens is 1. The van der Waals surface area contributed by atoms with Gasteiger partial charge in [0.05, 0.1) is 0 Å². The van der Waals surface area contributed by atoms with Crippen LogP contribution in [0.4, 0.5) is 4.39 Å². The highest BCUT2D eigenvalue weighted by molar-refractivity contribution is 5.83. The average Bonchev–Trinajstić information content (AvgIpc) is 2.99. The van der Waals surface area contributed by atoms with Gasteiger partial charge < -0.3 is 4.98 Å². The van der Waals surface area contributed by atoms with Crippen molar-refractivity contribution in [3.8, 4) is 0 Å². The molecule has 1 atom stereocenters. The van der Waals surface area contributed by atoms with Gasteiger partial charge in [-0.1, -0.05) is 6.08 Å². The van der Waals surface area contributed by atoms with Gasteiger partial charge in [0.25, 0.3) is 0 Å². The van der Waals surface area contributed by atoms with Crippen LogP contribution >= 0.6 is 0 Å². The Labute approximate surface area is 112 Å². The fourth-order valence-corrected chi connectivity index (χ4v) is 3.11. The van der Waals surface area contributed by atoms with Gasteiger partial charge in [-0.3, -0.25) is 4.90 Å². The summed E-state index contributed by atoms with van der Waals surface area (Å²) in [6.45, 7) is 5.91. The van der Waals surface area contributed by atoms with Crippen LogP contribution in [0.3, 0.4) is 0 Å². The van der Waals surface area contributed by atoms with Crippen LogP contribution in [0, 0.1) is 5.82 Å². The number of nitrogens with zero attached hydrogens (tertiary/aromatic N) is 1. The highest BCUT2D eigenvalue weighted by Crippen LogP contribution is 2.25. The molecule has 3 heteroatoms. The Morgan fingerprint density at radius 3 is 3.21 bits per heavy atom. The molecule has 2 heterocycles. The smallest absolute Gasteiger partial charge is 0.123 e. The zero-order valence-corrected chi connectivity index (χ0v) is 11.0. The molecular formula is C16H19FN2. The molecule has 3 rings (SSSR count). The third-order valence-electron chi connectivity index (χ3n) is 4.05. The minimum absolute atomic E-state index is 0.164. The first-order valence-electron chi connectivity index (χ1n) is 6.88. The van der Waals surface area contributed by atoms with Crippen molar-refractivity contribution in [3.63, 3.8) is 0 Å². The van der Waals surface area contributed by atoms with Crippen molar-refractivity contribution in [1.29, 1.82) is 0 Å². The predicted octanol–water partition coefficient (Wildman–Crippen LogP) is 3.50. The van der Waals surface area contributed by atoms with E-state index in [0.717, 1.165) is 30.4 Å². The maximum absolute atomic E-state index is 13.4. The summed E-state index contributed by atoms with van der Waals surface area (Å²) in [6.07, 6.45) is 7.43. The second-order valence-electron chi connectivity index (χ2n) is 5.29. The summed E-state index contributed by atoms with van der Waals surface area (Å²) in [6, 6.07) is 5.50. The minimum Gasteiger partial charge on any atom is -0.361 e. The number of hydrogen-bond acceptors (Lipinski definition) is 1. The highest BCUT2D eigenvalue weighted by Gasteiger charge is 2.24. The summed E-state index contributed by atoms with van der Waals surface area (Å²) in [5, 5.41) is 1.02. The Kier molecular flexibility index (Phi) is 3.38. The molecular weight excluding hydrogens is 239 g/mol. The Morgan fingerprint density at radius 1 is 1.47 bits per heavy atom. The molecule has 1 fully saturated rings. The number of fused-ring (bicyclic) bond motifs is 1. The van der Waals surface area contributed by atoms with E-state index >= 15 is 0 Å². The average molecular weight is 258 g/mol. The van der Waals surface area contributed by atoms with Gasteiger partial charge in [0.15, 0.2) is 0 Å². The molecule has 0 unspecified atom stereocenters.